The van der Waals surface area contributed by atoms with Gasteiger partial charge in [0.05, 0.1) is 12.8 Å². The van der Waals surface area contributed by atoms with Crippen LogP contribution in [0.15, 0.2) is 67.4 Å². The van der Waals surface area contributed by atoms with Crippen molar-refractivity contribution in [2.75, 3.05) is 7.11 Å². The van der Waals surface area contributed by atoms with Gasteiger partial charge in [-0.05, 0) is 48.4 Å². The summed E-state index contributed by atoms with van der Waals surface area (Å²) in [5, 5.41) is 2.96. The van der Waals surface area contributed by atoms with Gasteiger partial charge in [0.25, 0.3) is 5.91 Å². The molecule has 0 aliphatic heterocycles. The second kappa shape index (κ2) is 8.32. The fraction of sp³-hybridized carbons (Fsp3) is 0.130. The third-order valence-electron chi connectivity index (χ3n) is 4.39. The number of rotatable bonds is 6. The van der Waals surface area contributed by atoms with Crippen LogP contribution in [0.1, 0.15) is 27.0 Å². The molecule has 0 saturated heterocycles. The van der Waals surface area contributed by atoms with E-state index in [1.165, 1.54) is 0 Å². The fourth-order valence-corrected chi connectivity index (χ4v) is 2.95. The van der Waals surface area contributed by atoms with Crippen LogP contribution in [0.25, 0.3) is 17.3 Å². The molecule has 0 fully saturated rings. The number of benzene rings is 2. The molecule has 0 saturated carbocycles. The number of aryl methyl sites for hydroxylation is 1. The van der Waals surface area contributed by atoms with E-state index in [1.54, 1.807) is 19.4 Å². The molecule has 3 aromatic rings. The van der Waals surface area contributed by atoms with E-state index in [1.807, 2.05) is 61.5 Å². The lowest BCUT2D eigenvalue weighted by atomic mass is 10.00. The zero-order valence-corrected chi connectivity index (χ0v) is 15.5. The molecule has 0 radical (unpaired) electrons. The number of nitrogens with zero attached hydrogens (tertiary/aromatic N) is 1. The molecular weight excluding hydrogens is 336 g/mol. The lowest BCUT2D eigenvalue weighted by Gasteiger charge is -2.11. The van der Waals surface area contributed by atoms with Crippen LogP contribution in [-0.4, -0.2) is 18.0 Å². The van der Waals surface area contributed by atoms with Crippen LogP contribution in [0.4, 0.5) is 0 Å². The first-order valence-corrected chi connectivity index (χ1v) is 8.72. The summed E-state index contributed by atoms with van der Waals surface area (Å²) in [7, 11) is 1.63. The van der Waals surface area contributed by atoms with E-state index in [4.69, 9.17) is 4.74 Å². The number of pyridine rings is 1. The summed E-state index contributed by atoms with van der Waals surface area (Å²) in [4.78, 5) is 17.0. The van der Waals surface area contributed by atoms with Gasteiger partial charge in [-0.25, -0.2) is 0 Å². The van der Waals surface area contributed by atoms with E-state index >= 15 is 0 Å². The Morgan fingerprint density at radius 1 is 1.19 bits per heavy atom. The van der Waals surface area contributed by atoms with E-state index in [0.717, 1.165) is 33.7 Å². The molecule has 4 heteroatoms. The second-order valence-corrected chi connectivity index (χ2v) is 6.21. The number of carbonyl (C=O) groups is 1. The van der Waals surface area contributed by atoms with Gasteiger partial charge in [-0.15, -0.1) is 0 Å². The van der Waals surface area contributed by atoms with Crippen LogP contribution in [0.3, 0.4) is 0 Å². The summed E-state index contributed by atoms with van der Waals surface area (Å²) >= 11 is 0. The maximum absolute atomic E-state index is 12.6. The summed E-state index contributed by atoms with van der Waals surface area (Å²) in [5.74, 6) is 0.669. The maximum atomic E-state index is 12.6. The van der Waals surface area contributed by atoms with Gasteiger partial charge in [0.1, 0.15) is 5.75 Å². The molecule has 4 nitrogen and oxygen atoms in total. The Hall–Kier alpha value is -3.40. The Bertz CT molecular complexity index is 980. The number of aromatic nitrogens is 1. The first kappa shape index (κ1) is 18.4. The Morgan fingerprint density at radius 3 is 2.78 bits per heavy atom. The molecule has 0 atom stereocenters. The number of ether oxygens (including phenoxy) is 1. The van der Waals surface area contributed by atoms with Crippen molar-refractivity contribution in [3.05, 3.63) is 89.6 Å². The first-order chi connectivity index (χ1) is 13.1. The second-order valence-electron chi connectivity index (χ2n) is 6.21. The molecule has 0 unspecified atom stereocenters. The third-order valence-corrected chi connectivity index (χ3v) is 4.39. The first-order valence-electron chi connectivity index (χ1n) is 8.72. The Morgan fingerprint density at radius 2 is 2.04 bits per heavy atom. The quantitative estimate of drug-likeness (QED) is 0.698. The molecule has 27 heavy (non-hydrogen) atoms. The molecule has 1 aromatic heterocycles. The minimum absolute atomic E-state index is 0.105. The normalized spacial score (nSPS) is 10.3. The average molecular weight is 358 g/mol. The van der Waals surface area contributed by atoms with Gasteiger partial charge in [-0.2, -0.15) is 0 Å². The van der Waals surface area contributed by atoms with E-state index in [0.29, 0.717) is 12.1 Å². The zero-order valence-electron chi connectivity index (χ0n) is 15.5. The predicted molar refractivity (Wildman–Crippen MR) is 109 cm³/mol. The lowest BCUT2D eigenvalue weighted by Crippen LogP contribution is -2.23. The van der Waals surface area contributed by atoms with Gasteiger partial charge in [0.15, 0.2) is 0 Å². The van der Waals surface area contributed by atoms with Crippen molar-refractivity contribution in [3.8, 4) is 17.0 Å². The summed E-state index contributed by atoms with van der Waals surface area (Å²) in [6.07, 6.45) is 3.54. The van der Waals surface area contributed by atoms with Gasteiger partial charge in [-0.1, -0.05) is 36.9 Å². The number of hydrogen-bond acceptors (Lipinski definition) is 3. The molecular formula is C23H22N2O2. The molecule has 1 N–H and O–H groups in total. The highest BCUT2D eigenvalue weighted by atomic mass is 16.5. The van der Waals surface area contributed by atoms with Crippen molar-refractivity contribution in [3.63, 3.8) is 0 Å². The molecule has 0 aliphatic carbocycles. The standard InChI is InChI=1S/C23H22N2O2/c1-4-18-8-6-12-24-22(18)19-10-11-21(16(2)13-19)23(26)25-15-17-7-5-9-20(14-17)27-3/h4-14H,1,15H2,2-3H3,(H,25,26). The van der Waals surface area contributed by atoms with Crippen LogP contribution in [-0.2, 0) is 6.54 Å². The van der Waals surface area contributed by atoms with E-state index in [-0.39, 0.29) is 5.91 Å². The van der Waals surface area contributed by atoms with Crippen molar-refractivity contribution in [1.82, 2.24) is 10.3 Å². The van der Waals surface area contributed by atoms with Gasteiger partial charge in [0.2, 0.25) is 0 Å². The van der Waals surface area contributed by atoms with Crippen molar-refractivity contribution in [2.45, 2.75) is 13.5 Å². The summed E-state index contributed by atoms with van der Waals surface area (Å²) in [6, 6.07) is 17.2. The molecule has 1 heterocycles. The Balaban J connectivity index is 1.77. The van der Waals surface area contributed by atoms with Gasteiger partial charge < -0.3 is 10.1 Å². The molecule has 0 spiro atoms. The third kappa shape index (κ3) is 4.23. The molecule has 0 bridgehead atoms. The minimum atomic E-state index is -0.105. The van der Waals surface area contributed by atoms with Gasteiger partial charge >= 0.3 is 0 Å². The molecule has 2 aromatic carbocycles. The molecule has 136 valence electrons. The maximum Gasteiger partial charge on any atom is 0.251 e. The Kier molecular flexibility index (Phi) is 5.67. The minimum Gasteiger partial charge on any atom is -0.497 e. The SMILES string of the molecule is C=Cc1cccnc1-c1ccc(C(=O)NCc2cccc(OC)c2)c(C)c1. The smallest absolute Gasteiger partial charge is 0.251 e. The van der Waals surface area contributed by atoms with Gasteiger partial charge in [-0.3, -0.25) is 9.78 Å². The number of amides is 1. The number of hydrogen-bond donors (Lipinski definition) is 1. The summed E-state index contributed by atoms with van der Waals surface area (Å²) in [6.45, 7) is 6.21. The average Bonchev–Trinajstić information content (AvgIpc) is 2.72. The van der Waals surface area contributed by atoms with Crippen LogP contribution >= 0.6 is 0 Å². The predicted octanol–water partition coefficient (Wildman–Crippen LogP) is 4.64. The monoisotopic (exact) mass is 358 g/mol. The van der Waals surface area contributed by atoms with Crippen molar-refractivity contribution < 1.29 is 9.53 Å². The molecule has 0 aliphatic rings. The van der Waals surface area contributed by atoms with Crippen LogP contribution in [0.2, 0.25) is 0 Å². The molecule has 3 rings (SSSR count). The highest BCUT2D eigenvalue weighted by Crippen LogP contribution is 2.24. The molecule has 1 amide bonds. The number of methoxy groups -OCH3 is 1. The number of carbonyl (C=O) groups excluding carboxylic acids is 1. The lowest BCUT2D eigenvalue weighted by molar-refractivity contribution is 0.0950. The zero-order chi connectivity index (χ0) is 19.2. The summed E-state index contributed by atoms with van der Waals surface area (Å²) in [5.41, 5.74) is 5.33. The van der Waals surface area contributed by atoms with Crippen LogP contribution in [0.5, 0.6) is 5.75 Å². The van der Waals surface area contributed by atoms with E-state index < -0.39 is 0 Å². The Labute approximate surface area is 159 Å². The summed E-state index contributed by atoms with van der Waals surface area (Å²) < 4.78 is 5.21. The largest absolute Gasteiger partial charge is 0.497 e. The van der Waals surface area contributed by atoms with Crippen LogP contribution < -0.4 is 10.1 Å². The van der Waals surface area contributed by atoms with Crippen molar-refractivity contribution >= 4 is 12.0 Å². The topological polar surface area (TPSA) is 51.2 Å². The van der Waals surface area contributed by atoms with Crippen molar-refractivity contribution in [1.29, 1.82) is 0 Å². The highest BCUT2D eigenvalue weighted by Gasteiger charge is 2.12. The fourth-order valence-electron chi connectivity index (χ4n) is 2.95. The van der Waals surface area contributed by atoms with Crippen LogP contribution in [0, 0.1) is 6.92 Å². The van der Waals surface area contributed by atoms with E-state index in [9.17, 15) is 4.79 Å². The van der Waals surface area contributed by atoms with Gasteiger partial charge in [0, 0.05) is 29.4 Å². The highest BCUT2D eigenvalue weighted by molar-refractivity contribution is 5.96. The van der Waals surface area contributed by atoms with Crippen molar-refractivity contribution in [2.24, 2.45) is 0 Å². The number of nitrogens with one attached hydrogen (secondary N) is 1. The van der Waals surface area contributed by atoms with E-state index in [2.05, 4.69) is 16.9 Å².